The minimum absolute atomic E-state index is 0.142. The Labute approximate surface area is 129 Å². The highest BCUT2D eigenvalue weighted by Gasteiger charge is 2.52. The molecular formula is C16H20O6. The second-order valence-corrected chi connectivity index (χ2v) is 6.23. The van der Waals surface area contributed by atoms with Gasteiger partial charge in [0.2, 0.25) is 11.4 Å². The van der Waals surface area contributed by atoms with Gasteiger partial charge in [0.05, 0.1) is 14.2 Å². The average Bonchev–Trinajstić information content (AvgIpc) is 2.68. The monoisotopic (exact) mass is 308 g/mol. The first kappa shape index (κ1) is 16.3. The molecule has 0 radical (unpaired) electrons. The molecule has 1 aliphatic carbocycles. The van der Waals surface area contributed by atoms with Crippen LogP contribution in [0.5, 0.6) is 11.5 Å². The highest BCUT2D eigenvalue weighted by Crippen LogP contribution is 2.39. The van der Waals surface area contributed by atoms with E-state index in [-0.39, 0.29) is 12.0 Å². The van der Waals surface area contributed by atoms with E-state index >= 15 is 0 Å². The standard InChI is InChI=1S/C16H20O6/c1-15(2,3)22-14(18)16(19)8-9-6-11(20-4)12(21-5)7-10(9)13(16)17/h6-7,19H,8H2,1-5H3/t16-/m0/s1. The van der Waals surface area contributed by atoms with Gasteiger partial charge in [0.15, 0.2) is 11.5 Å². The second-order valence-electron chi connectivity index (χ2n) is 6.23. The van der Waals surface area contributed by atoms with Crippen molar-refractivity contribution in [3.8, 4) is 11.5 Å². The number of Topliss-reactive ketones (excluding diaryl/α,β-unsaturated/α-hetero) is 1. The zero-order valence-corrected chi connectivity index (χ0v) is 13.4. The number of ether oxygens (including phenoxy) is 3. The number of carbonyl (C=O) groups excluding carboxylic acids is 2. The van der Waals surface area contributed by atoms with Gasteiger partial charge in [-0.3, -0.25) is 4.79 Å². The number of rotatable bonds is 3. The van der Waals surface area contributed by atoms with Crippen LogP contribution in [-0.2, 0) is 16.0 Å². The molecule has 0 amide bonds. The molecule has 120 valence electrons. The molecule has 6 nitrogen and oxygen atoms in total. The molecule has 0 saturated carbocycles. The molecule has 1 aliphatic rings. The summed E-state index contributed by atoms with van der Waals surface area (Å²) in [5, 5.41) is 10.5. The van der Waals surface area contributed by atoms with Crippen LogP contribution in [0.1, 0.15) is 36.7 Å². The molecule has 0 saturated heterocycles. The second kappa shape index (κ2) is 5.28. The number of ketones is 1. The number of carbonyl (C=O) groups is 2. The molecule has 2 rings (SSSR count). The maximum atomic E-state index is 12.5. The van der Waals surface area contributed by atoms with Gasteiger partial charge in [0.25, 0.3) is 0 Å². The average molecular weight is 308 g/mol. The summed E-state index contributed by atoms with van der Waals surface area (Å²) < 4.78 is 15.5. The summed E-state index contributed by atoms with van der Waals surface area (Å²) in [6, 6.07) is 3.06. The highest BCUT2D eigenvalue weighted by atomic mass is 16.6. The summed E-state index contributed by atoms with van der Waals surface area (Å²) in [5.74, 6) is -0.831. The molecule has 0 aliphatic heterocycles. The van der Waals surface area contributed by atoms with Gasteiger partial charge in [-0.25, -0.2) is 4.79 Å². The van der Waals surface area contributed by atoms with Gasteiger partial charge < -0.3 is 19.3 Å². The van der Waals surface area contributed by atoms with Crippen molar-refractivity contribution < 1.29 is 28.9 Å². The Kier molecular flexibility index (Phi) is 3.91. The number of methoxy groups -OCH3 is 2. The van der Waals surface area contributed by atoms with Crippen LogP contribution in [0.2, 0.25) is 0 Å². The SMILES string of the molecule is COc1cc2c(cc1OC)C(=O)[C@](O)(C(=O)OC(C)(C)C)C2. The third kappa shape index (κ3) is 2.66. The fraction of sp³-hybridized carbons (Fsp3) is 0.500. The summed E-state index contributed by atoms with van der Waals surface area (Å²) in [5.41, 5.74) is -2.23. The van der Waals surface area contributed by atoms with E-state index in [0.29, 0.717) is 17.1 Å². The predicted octanol–water partition coefficient (Wildman–Crippen LogP) is 1.52. The Bertz CT molecular complexity index is 628. The van der Waals surface area contributed by atoms with Gasteiger partial charge in [-0.1, -0.05) is 0 Å². The van der Waals surface area contributed by atoms with Crippen LogP contribution in [0.4, 0.5) is 0 Å². The zero-order valence-electron chi connectivity index (χ0n) is 13.4. The van der Waals surface area contributed by atoms with Gasteiger partial charge >= 0.3 is 5.97 Å². The summed E-state index contributed by atoms with van der Waals surface area (Å²) in [7, 11) is 2.92. The smallest absolute Gasteiger partial charge is 0.347 e. The Balaban J connectivity index is 2.41. The fourth-order valence-corrected chi connectivity index (χ4v) is 2.38. The van der Waals surface area contributed by atoms with Crippen molar-refractivity contribution in [2.24, 2.45) is 0 Å². The lowest BCUT2D eigenvalue weighted by molar-refractivity contribution is -0.171. The molecule has 1 aromatic carbocycles. The van der Waals surface area contributed by atoms with Gasteiger partial charge in [-0.2, -0.15) is 0 Å². The van der Waals surface area contributed by atoms with Gasteiger partial charge in [-0.05, 0) is 38.5 Å². The lowest BCUT2D eigenvalue weighted by Gasteiger charge is -2.25. The van der Waals surface area contributed by atoms with Crippen LogP contribution in [-0.4, -0.2) is 42.3 Å². The van der Waals surface area contributed by atoms with E-state index in [9.17, 15) is 14.7 Å². The molecule has 1 atom stereocenters. The van der Waals surface area contributed by atoms with Crippen LogP contribution >= 0.6 is 0 Å². The number of fused-ring (bicyclic) bond motifs is 1. The first-order chi connectivity index (χ1) is 10.1. The molecule has 0 bridgehead atoms. The topological polar surface area (TPSA) is 82.1 Å². The van der Waals surface area contributed by atoms with Crippen LogP contribution in [0.25, 0.3) is 0 Å². The molecular weight excluding hydrogens is 288 g/mol. The van der Waals surface area contributed by atoms with Crippen molar-refractivity contribution in [3.63, 3.8) is 0 Å². The number of hydrogen-bond acceptors (Lipinski definition) is 6. The van der Waals surface area contributed by atoms with Gasteiger partial charge in [-0.15, -0.1) is 0 Å². The molecule has 6 heteroatoms. The fourth-order valence-electron chi connectivity index (χ4n) is 2.38. The maximum absolute atomic E-state index is 12.5. The highest BCUT2D eigenvalue weighted by molar-refractivity contribution is 6.19. The molecule has 0 fully saturated rings. The molecule has 0 heterocycles. The van der Waals surface area contributed by atoms with Crippen molar-refractivity contribution in [2.45, 2.75) is 38.4 Å². The van der Waals surface area contributed by atoms with E-state index in [2.05, 4.69) is 0 Å². The van der Waals surface area contributed by atoms with E-state index in [1.807, 2.05) is 0 Å². The minimum atomic E-state index is -2.20. The largest absolute Gasteiger partial charge is 0.493 e. The van der Waals surface area contributed by atoms with Gasteiger partial charge in [0.1, 0.15) is 5.60 Å². The predicted molar refractivity (Wildman–Crippen MR) is 78.4 cm³/mol. The minimum Gasteiger partial charge on any atom is -0.493 e. The van der Waals surface area contributed by atoms with Crippen molar-refractivity contribution in [1.29, 1.82) is 0 Å². The third-order valence-corrected chi connectivity index (χ3v) is 3.41. The Hall–Kier alpha value is -2.08. The number of hydrogen-bond donors (Lipinski definition) is 1. The molecule has 1 aromatic rings. The summed E-state index contributed by atoms with van der Waals surface area (Å²) >= 11 is 0. The Morgan fingerprint density at radius 3 is 2.23 bits per heavy atom. The maximum Gasteiger partial charge on any atom is 0.347 e. The lowest BCUT2D eigenvalue weighted by atomic mass is 9.99. The molecule has 0 aromatic heterocycles. The van der Waals surface area contributed by atoms with Crippen LogP contribution in [0.15, 0.2) is 12.1 Å². The van der Waals surface area contributed by atoms with E-state index in [4.69, 9.17) is 14.2 Å². The third-order valence-electron chi connectivity index (χ3n) is 3.41. The van der Waals surface area contributed by atoms with E-state index in [1.54, 1.807) is 26.8 Å². The number of benzene rings is 1. The van der Waals surface area contributed by atoms with Crippen LogP contribution in [0, 0.1) is 0 Å². The quantitative estimate of drug-likeness (QED) is 0.673. The Morgan fingerprint density at radius 2 is 1.73 bits per heavy atom. The molecule has 0 unspecified atom stereocenters. The van der Waals surface area contributed by atoms with Crippen LogP contribution < -0.4 is 9.47 Å². The van der Waals surface area contributed by atoms with Crippen molar-refractivity contribution in [1.82, 2.24) is 0 Å². The number of esters is 1. The first-order valence-corrected chi connectivity index (χ1v) is 6.88. The van der Waals surface area contributed by atoms with Crippen molar-refractivity contribution >= 4 is 11.8 Å². The number of aliphatic hydroxyl groups is 1. The molecule has 1 N–H and O–H groups in total. The normalized spacial score (nSPS) is 20.5. The van der Waals surface area contributed by atoms with Gasteiger partial charge in [0, 0.05) is 12.0 Å². The van der Waals surface area contributed by atoms with Crippen molar-refractivity contribution in [2.75, 3.05) is 14.2 Å². The van der Waals surface area contributed by atoms with E-state index < -0.39 is 23.0 Å². The molecule has 22 heavy (non-hydrogen) atoms. The first-order valence-electron chi connectivity index (χ1n) is 6.88. The summed E-state index contributed by atoms with van der Waals surface area (Å²) in [4.78, 5) is 24.7. The summed E-state index contributed by atoms with van der Waals surface area (Å²) in [6.45, 7) is 5.02. The molecule has 0 spiro atoms. The van der Waals surface area contributed by atoms with E-state index in [1.165, 1.54) is 20.3 Å². The Morgan fingerprint density at radius 1 is 1.18 bits per heavy atom. The zero-order chi connectivity index (χ0) is 16.7. The summed E-state index contributed by atoms with van der Waals surface area (Å²) in [6.07, 6.45) is -0.142. The van der Waals surface area contributed by atoms with Crippen LogP contribution in [0.3, 0.4) is 0 Å². The lowest BCUT2D eigenvalue weighted by Crippen LogP contribution is -2.48. The van der Waals surface area contributed by atoms with Crippen molar-refractivity contribution in [3.05, 3.63) is 23.3 Å². The van der Waals surface area contributed by atoms with E-state index in [0.717, 1.165) is 0 Å².